The Labute approximate surface area is 137 Å². The Morgan fingerprint density at radius 1 is 1.29 bits per heavy atom. The summed E-state index contributed by atoms with van der Waals surface area (Å²) in [6, 6.07) is 5.29. The van der Waals surface area contributed by atoms with Gasteiger partial charge in [-0.1, -0.05) is 62.4 Å². The average Bonchev–Trinajstić information content (AvgIpc) is 2.47. The predicted octanol–water partition coefficient (Wildman–Crippen LogP) is 5.34. The first-order chi connectivity index (χ1) is 10.1. The monoisotopic (exact) mass is 327 g/mol. The smallest absolute Gasteiger partial charge is 0.244 e. The Bertz CT molecular complexity index is 465. The normalized spacial score (nSPS) is 12.6. The molecule has 1 amide bonds. The molecule has 0 bridgehead atoms. The first-order valence-corrected chi connectivity index (χ1v) is 8.24. The highest BCUT2D eigenvalue weighted by atomic mass is 35.5. The van der Waals surface area contributed by atoms with Crippen molar-refractivity contribution in [2.75, 3.05) is 6.54 Å². The summed E-state index contributed by atoms with van der Waals surface area (Å²) in [7, 11) is 0. The molecule has 1 rings (SSSR count). The van der Waals surface area contributed by atoms with Gasteiger partial charge in [0.25, 0.3) is 0 Å². The van der Waals surface area contributed by atoms with Gasteiger partial charge in [-0.25, -0.2) is 0 Å². The molecule has 0 aliphatic heterocycles. The lowest BCUT2D eigenvalue weighted by molar-refractivity contribution is -0.116. The van der Waals surface area contributed by atoms with Crippen LogP contribution in [0.3, 0.4) is 0 Å². The summed E-state index contributed by atoms with van der Waals surface area (Å²) in [5, 5.41) is 4.02. The molecule has 2 nitrogen and oxygen atoms in total. The Balaban J connectivity index is 2.51. The standard InChI is InChI=1S/C17H23Cl2NO/c1-3-5-7-13(4-2)12-20-17(21)11-10-14-15(18)8-6-9-16(14)19/h6,8-11,13H,3-5,7,12H2,1-2H3,(H,20,21)/b11-10+. The minimum Gasteiger partial charge on any atom is -0.352 e. The molecule has 0 spiro atoms. The molecule has 0 radical (unpaired) electrons. The van der Waals surface area contributed by atoms with Gasteiger partial charge in [-0.3, -0.25) is 4.79 Å². The summed E-state index contributed by atoms with van der Waals surface area (Å²) in [6.45, 7) is 5.06. The fourth-order valence-corrected chi connectivity index (χ4v) is 2.60. The van der Waals surface area contributed by atoms with Gasteiger partial charge in [0, 0.05) is 28.2 Å². The fraction of sp³-hybridized carbons (Fsp3) is 0.471. The van der Waals surface area contributed by atoms with Crippen LogP contribution in [0.4, 0.5) is 0 Å². The molecule has 116 valence electrons. The van der Waals surface area contributed by atoms with Crippen molar-refractivity contribution >= 4 is 35.2 Å². The quantitative estimate of drug-likeness (QED) is 0.641. The molecule has 0 aliphatic carbocycles. The maximum absolute atomic E-state index is 11.8. The second-order valence-electron chi connectivity index (χ2n) is 5.13. The number of amides is 1. The summed E-state index contributed by atoms with van der Waals surface area (Å²) in [4.78, 5) is 11.8. The van der Waals surface area contributed by atoms with Crippen LogP contribution in [0.15, 0.2) is 24.3 Å². The second kappa shape index (κ2) is 9.86. The Morgan fingerprint density at radius 3 is 2.52 bits per heavy atom. The lowest BCUT2D eigenvalue weighted by Crippen LogP contribution is -2.27. The molecule has 1 aromatic carbocycles. The number of unbranched alkanes of at least 4 members (excludes halogenated alkanes) is 1. The summed E-state index contributed by atoms with van der Waals surface area (Å²) >= 11 is 12.1. The predicted molar refractivity (Wildman–Crippen MR) is 91.8 cm³/mol. The van der Waals surface area contributed by atoms with Crippen molar-refractivity contribution in [1.82, 2.24) is 5.32 Å². The number of rotatable bonds is 8. The average molecular weight is 328 g/mol. The van der Waals surface area contributed by atoms with Crippen LogP contribution in [-0.4, -0.2) is 12.5 Å². The summed E-state index contributed by atoms with van der Waals surface area (Å²) in [5.41, 5.74) is 0.675. The zero-order valence-electron chi connectivity index (χ0n) is 12.7. The van der Waals surface area contributed by atoms with E-state index in [1.165, 1.54) is 18.9 Å². The first kappa shape index (κ1) is 18.1. The van der Waals surface area contributed by atoms with Gasteiger partial charge >= 0.3 is 0 Å². The largest absolute Gasteiger partial charge is 0.352 e. The number of benzene rings is 1. The number of hydrogen-bond acceptors (Lipinski definition) is 1. The molecule has 1 unspecified atom stereocenters. The highest BCUT2D eigenvalue weighted by molar-refractivity contribution is 6.37. The van der Waals surface area contributed by atoms with Crippen molar-refractivity contribution in [3.05, 3.63) is 39.9 Å². The molecule has 1 atom stereocenters. The maximum Gasteiger partial charge on any atom is 0.244 e. The van der Waals surface area contributed by atoms with Crippen LogP contribution in [0, 0.1) is 5.92 Å². The van der Waals surface area contributed by atoms with Gasteiger partial charge in [-0.05, 0) is 30.5 Å². The van der Waals surface area contributed by atoms with Crippen LogP contribution in [0.25, 0.3) is 6.08 Å². The second-order valence-corrected chi connectivity index (χ2v) is 5.94. The zero-order chi connectivity index (χ0) is 15.7. The van der Waals surface area contributed by atoms with E-state index >= 15 is 0 Å². The van der Waals surface area contributed by atoms with E-state index in [1.54, 1.807) is 24.3 Å². The number of hydrogen-bond donors (Lipinski definition) is 1. The molecule has 4 heteroatoms. The third-order valence-electron chi connectivity index (χ3n) is 3.51. The molecule has 1 aromatic rings. The van der Waals surface area contributed by atoms with E-state index in [4.69, 9.17) is 23.2 Å². The van der Waals surface area contributed by atoms with Crippen molar-refractivity contribution in [3.63, 3.8) is 0 Å². The highest BCUT2D eigenvalue weighted by Gasteiger charge is 2.07. The van der Waals surface area contributed by atoms with Crippen molar-refractivity contribution in [2.24, 2.45) is 5.92 Å². The van der Waals surface area contributed by atoms with Crippen LogP contribution in [-0.2, 0) is 4.79 Å². The molecule has 0 saturated heterocycles. The van der Waals surface area contributed by atoms with E-state index < -0.39 is 0 Å². The Kier molecular flexibility index (Phi) is 8.48. The minimum absolute atomic E-state index is 0.110. The van der Waals surface area contributed by atoms with E-state index in [2.05, 4.69) is 19.2 Å². The van der Waals surface area contributed by atoms with Gasteiger partial charge in [0.15, 0.2) is 0 Å². The van der Waals surface area contributed by atoms with Crippen LogP contribution in [0.1, 0.15) is 45.1 Å². The third kappa shape index (κ3) is 6.54. The zero-order valence-corrected chi connectivity index (χ0v) is 14.2. The van der Waals surface area contributed by atoms with Crippen LogP contribution in [0.2, 0.25) is 10.0 Å². The van der Waals surface area contributed by atoms with E-state index in [-0.39, 0.29) is 5.91 Å². The van der Waals surface area contributed by atoms with E-state index in [0.29, 0.717) is 21.5 Å². The Hall–Kier alpha value is -0.990. The van der Waals surface area contributed by atoms with Gasteiger partial charge in [-0.2, -0.15) is 0 Å². The SMILES string of the molecule is CCCCC(CC)CNC(=O)/C=C/c1c(Cl)cccc1Cl. The summed E-state index contributed by atoms with van der Waals surface area (Å²) in [5.74, 6) is 0.437. The van der Waals surface area contributed by atoms with Crippen LogP contribution < -0.4 is 5.32 Å². The highest BCUT2D eigenvalue weighted by Crippen LogP contribution is 2.25. The van der Waals surface area contributed by atoms with Gasteiger partial charge in [-0.15, -0.1) is 0 Å². The molecule has 0 fully saturated rings. The fourth-order valence-electron chi connectivity index (χ4n) is 2.08. The van der Waals surface area contributed by atoms with Crippen LogP contribution in [0.5, 0.6) is 0 Å². The van der Waals surface area contributed by atoms with Crippen molar-refractivity contribution in [2.45, 2.75) is 39.5 Å². The Morgan fingerprint density at radius 2 is 1.95 bits per heavy atom. The number of carbonyl (C=O) groups excluding carboxylic acids is 1. The van der Waals surface area contributed by atoms with Crippen molar-refractivity contribution in [1.29, 1.82) is 0 Å². The number of carbonyl (C=O) groups is 1. The molecule has 1 N–H and O–H groups in total. The van der Waals surface area contributed by atoms with E-state index in [9.17, 15) is 4.79 Å². The molecule has 21 heavy (non-hydrogen) atoms. The van der Waals surface area contributed by atoms with Crippen LogP contribution >= 0.6 is 23.2 Å². The van der Waals surface area contributed by atoms with E-state index in [0.717, 1.165) is 19.4 Å². The summed E-state index contributed by atoms with van der Waals surface area (Å²) < 4.78 is 0. The molecule has 0 heterocycles. The number of nitrogens with one attached hydrogen (secondary N) is 1. The van der Waals surface area contributed by atoms with E-state index in [1.807, 2.05) is 0 Å². The third-order valence-corrected chi connectivity index (χ3v) is 4.17. The van der Waals surface area contributed by atoms with Gasteiger partial charge in [0.05, 0.1) is 0 Å². The lowest BCUT2D eigenvalue weighted by Gasteiger charge is -2.14. The molecular formula is C17H23Cl2NO. The lowest BCUT2D eigenvalue weighted by atomic mass is 9.99. The van der Waals surface area contributed by atoms with Gasteiger partial charge < -0.3 is 5.32 Å². The molecular weight excluding hydrogens is 305 g/mol. The summed E-state index contributed by atoms with van der Waals surface area (Å²) in [6.07, 6.45) is 7.79. The van der Waals surface area contributed by atoms with Gasteiger partial charge in [0.1, 0.15) is 0 Å². The first-order valence-electron chi connectivity index (χ1n) is 7.48. The topological polar surface area (TPSA) is 29.1 Å². The maximum atomic E-state index is 11.8. The molecule has 0 saturated carbocycles. The minimum atomic E-state index is -0.110. The van der Waals surface area contributed by atoms with Gasteiger partial charge in [0.2, 0.25) is 5.91 Å². The molecule has 0 aliphatic rings. The molecule has 0 aromatic heterocycles. The van der Waals surface area contributed by atoms with Crippen molar-refractivity contribution in [3.8, 4) is 0 Å². The number of halogens is 2. The van der Waals surface area contributed by atoms with Crippen molar-refractivity contribution < 1.29 is 4.79 Å².